The van der Waals surface area contributed by atoms with Crippen molar-refractivity contribution >= 4 is 11.5 Å². The molecule has 0 heterocycles. The van der Waals surface area contributed by atoms with E-state index in [0.29, 0.717) is 6.42 Å². The van der Waals surface area contributed by atoms with Gasteiger partial charge in [-0.15, -0.1) is 0 Å². The maximum atomic E-state index is 10.3. The van der Waals surface area contributed by atoms with Crippen LogP contribution in [0.5, 0.6) is 0 Å². The minimum Gasteiger partial charge on any atom is -0.481 e. The van der Waals surface area contributed by atoms with Gasteiger partial charge in [-0.2, -0.15) is 0 Å². The number of carbonyl (C=O) groups is 1. The van der Waals surface area contributed by atoms with Crippen LogP contribution < -0.4 is 0 Å². The van der Waals surface area contributed by atoms with E-state index in [0.717, 1.165) is 16.7 Å². The topological polar surface area (TPSA) is 37.3 Å². The van der Waals surface area contributed by atoms with Crippen LogP contribution in [-0.2, 0) is 11.2 Å². The van der Waals surface area contributed by atoms with Gasteiger partial charge in [0.05, 0.1) is 0 Å². The van der Waals surface area contributed by atoms with Crippen LogP contribution in [0.25, 0.3) is 5.57 Å². The summed E-state index contributed by atoms with van der Waals surface area (Å²) in [7, 11) is 0. The number of carboxylic acids is 1. The molecule has 0 aliphatic heterocycles. The number of carboxylic acid groups (broad SMARTS) is 1. The fourth-order valence-corrected chi connectivity index (χ4v) is 1.21. The molecule has 1 aromatic carbocycles. The third kappa shape index (κ3) is 3.05. The molecule has 1 N–H and O–H groups in total. The van der Waals surface area contributed by atoms with Gasteiger partial charge in [-0.1, -0.05) is 36.4 Å². The molecule has 2 heteroatoms. The minimum atomic E-state index is -0.756. The third-order valence-electron chi connectivity index (χ3n) is 2.07. The third-order valence-corrected chi connectivity index (χ3v) is 2.07. The first-order valence-electron chi connectivity index (χ1n) is 4.56. The number of aliphatic carboxylic acids is 1. The fourth-order valence-electron chi connectivity index (χ4n) is 1.21. The summed E-state index contributed by atoms with van der Waals surface area (Å²) in [5.74, 6) is -0.756. The Morgan fingerprint density at radius 2 is 1.93 bits per heavy atom. The Balaban J connectivity index is 2.64. The van der Waals surface area contributed by atoms with Gasteiger partial charge in [0.1, 0.15) is 0 Å². The highest BCUT2D eigenvalue weighted by Gasteiger charge is 1.99. The van der Waals surface area contributed by atoms with Gasteiger partial charge in [-0.3, -0.25) is 4.79 Å². The molecule has 0 aromatic heterocycles. The van der Waals surface area contributed by atoms with E-state index in [2.05, 4.69) is 6.58 Å². The molecule has 0 unspecified atom stereocenters. The minimum absolute atomic E-state index is 0.187. The summed E-state index contributed by atoms with van der Waals surface area (Å²) >= 11 is 0. The van der Waals surface area contributed by atoms with Crippen molar-refractivity contribution in [1.82, 2.24) is 0 Å². The molecule has 0 aliphatic rings. The average molecular weight is 190 g/mol. The molecule has 74 valence electrons. The molecule has 0 radical (unpaired) electrons. The van der Waals surface area contributed by atoms with Crippen LogP contribution in [0.3, 0.4) is 0 Å². The van der Waals surface area contributed by atoms with Crippen molar-refractivity contribution in [2.75, 3.05) is 0 Å². The van der Waals surface area contributed by atoms with E-state index in [1.165, 1.54) is 0 Å². The summed E-state index contributed by atoms with van der Waals surface area (Å²) < 4.78 is 0. The number of benzene rings is 1. The lowest BCUT2D eigenvalue weighted by Crippen LogP contribution is -1.97. The maximum absolute atomic E-state index is 10.3. The SMILES string of the molecule is C=C(C)c1ccc(CCC(=O)O)cc1. The number of rotatable bonds is 4. The van der Waals surface area contributed by atoms with Crippen molar-refractivity contribution in [3.8, 4) is 0 Å². The Hall–Kier alpha value is -1.57. The normalized spacial score (nSPS) is 9.79. The molecule has 0 atom stereocenters. The summed E-state index contributed by atoms with van der Waals surface area (Å²) in [5, 5.41) is 8.50. The number of allylic oxidation sites excluding steroid dienone is 1. The van der Waals surface area contributed by atoms with Gasteiger partial charge in [0.2, 0.25) is 0 Å². The van der Waals surface area contributed by atoms with Gasteiger partial charge in [-0.25, -0.2) is 0 Å². The second-order valence-electron chi connectivity index (χ2n) is 3.37. The highest BCUT2D eigenvalue weighted by molar-refractivity contribution is 5.67. The van der Waals surface area contributed by atoms with Gasteiger partial charge in [0.15, 0.2) is 0 Å². The van der Waals surface area contributed by atoms with E-state index >= 15 is 0 Å². The van der Waals surface area contributed by atoms with Gasteiger partial charge in [0, 0.05) is 6.42 Å². The predicted molar refractivity (Wildman–Crippen MR) is 57.1 cm³/mol. The highest BCUT2D eigenvalue weighted by Crippen LogP contribution is 2.13. The van der Waals surface area contributed by atoms with Crippen LogP contribution in [0.4, 0.5) is 0 Å². The lowest BCUT2D eigenvalue weighted by molar-refractivity contribution is -0.136. The first kappa shape index (κ1) is 10.5. The van der Waals surface area contributed by atoms with Crippen molar-refractivity contribution < 1.29 is 9.90 Å². The molecule has 0 amide bonds. The summed E-state index contributed by atoms with van der Waals surface area (Å²) in [4.78, 5) is 10.3. The lowest BCUT2D eigenvalue weighted by Gasteiger charge is -2.02. The van der Waals surface area contributed by atoms with Gasteiger partial charge in [0.25, 0.3) is 0 Å². The van der Waals surface area contributed by atoms with Crippen molar-refractivity contribution in [3.05, 3.63) is 42.0 Å². The summed E-state index contributed by atoms with van der Waals surface area (Å²) in [6.45, 7) is 5.79. The number of aryl methyl sites for hydroxylation is 1. The fraction of sp³-hybridized carbons (Fsp3) is 0.250. The van der Waals surface area contributed by atoms with Gasteiger partial charge in [-0.05, 0) is 24.5 Å². The molecule has 14 heavy (non-hydrogen) atoms. The van der Waals surface area contributed by atoms with E-state index in [9.17, 15) is 4.79 Å². The van der Waals surface area contributed by atoms with E-state index < -0.39 is 5.97 Å². The summed E-state index contributed by atoms with van der Waals surface area (Å²) in [6, 6.07) is 7.85. The molecule has 1 rings (SSSR count). The van der Waals surface area contributed by atoms with Gasteiger partial charge >= 0.3 is 5.97 Å². The van der Waals surface area contributed by atoms with Crippen LogP contribution in [0.15, 0.2) is 30.8 Å². The Morgan fingerprint density at radius 1 is 1.36 bits per heavy atom. The van der Waals surface area contributed by atoms with Crippen molar-refractivity contribution in [2.24, 2.45) is 0 Å². The molecule has 0 bridgehead atoms. The smallest absolute Gasteiger partial charge is 0.303 e. The molecule has 1 aromatic rings. The van der Waals surface area contributed by atoms with E-state index in [-0.39, 0.29) is 6.42 Å². The zero-order valence-electron chi connectivity index (χ0n) is 8.29. The quantitative estimate of drug-likeness (QED) is 0.792. The van der Waals surface area contributed by atoms with Crippen molar-refractivity contribution in [3.63, 3.8) is 0 Å². The number of hydrogen-bond donors (Lipinski definition) is 1. The van der Waals surface area contributed by atoms with Crippen molar-refractivity contribution in [1.29, 1.82) is 0 Å². The van der Waals surface area contributed by atoms with Crippen LogP contribution >= 0.6 is 0 Å². The predicted octanol–water partition coefficient (Wildman–Crippen LogP) is 2.74. The molecule has 0 aliphatic carbocycles. The monoisotopic (exact) mass is 190 g/mol. The van der Waals surface area contributed by atoms with Gasteiger partial charge < -0.3 is 5.11 Å². The Morgan fingerprint density at radius 3 is 2.36 bits per heavy atom. The van der Waals surface area contributed by atoms with Crippen LogP contribution in [0.2, 0.25) is 0 Å². The average Bonchev–Trinajstić information content (AvgIpc) is 2.15. The highest BCUT2D eigenvalue weighted by atomic mass is 16.4. The van der Waals surface area contributed by atoms with E-state index in [1.54, 1.807) is 0 Å². The molecule has 2 nitrogen and oxygen atoms in total. The van der Waals surface area contributed by atoms with Crippen LogP contribution in [0, 0.1) is 0 Å². The number of hydrogen-bond acceptors (Lipinski definition) is 1. The molecule has 0 saturated carbocycles. The molecular formula is C12H14O2. The molecular weight excluding hydrogens is 176 g/mol. The van der Waals surface area contributed by atoms with Crippen molar-refractivity contribution in [2.45, 2.75) is 19.8 Å². The van der Waals surface area contributed by atoms with Crippen LogP contribution in [0.1, 0.15) is 24.5 Å². The van der Waals surface area contributed by atoms with Crippen LogP contribution in [-0.4, -0.2) is 11.1 Å². The largest absolute Gasteiger partial charge is 0.481 e. The molecule has 0 spiro atoms. The second-order valence-corrected chi connectivity index (χ2v) is 3.37. The summed E-state index contributed by atoms with van der Waals surface area (Å²) in [6.07, 6.45) is 0.776. The zero-order chi connectivity index (χ0) is 10.6. The molecule has 0 fully saturated rings. The Bertz CT molecular complexity index is 336. The maximum Gasteiger partial charge on any atom is 0.303 e. The van der Waals surface area contributed by atoms with E-state index in [1.807, 2.05) is 31.2 Å². The zero-order valence-corrected chi connectivity index (χ0v) is 8.29. The summed E-state index contributed by atoms with van der Waals surface area (Å²) in [5.41, 5.74) is 3.18. The standard InChI is InChI=1S/C12H14O2/c1-9(2)11-6-3-10(4-7-11)5-8-12(13)14/h3-4,6-7H,1,5,8H2,2H3,(H,13,14). The molecule has 0 saturated heterocycles. The second kappa shape index (κ2) is 4.61. The first-order chi connectivity index (χ1) is 6.59. The lowest BCUT2D eigenvalue weighted by atomic mass is 10.0. The Kier molecular flexibility index (Phi) is 3.46. The first-order valence-corrected chi connectivity index (χ1v) is 4.56. The van der Waals surface area contributed by atoms with E-state index in [4.69, 9.17) is 5.11 Å². The Labute approximate surface area is 83.9 Å².